The van der Waals surface area contributed by atoms with Crippen LogP contribution < -0.4 is 16.0 Å². The van der Waals surface area contributed by atoms with Gasteiger partial charge in [0.15, 0.2) is 0 Å². The number of benzene rings is 1. The van der Waals surface area contributed by atoms with Crippen LogP contribution in [0.15, 0.2) is 67.1 Å². The van der Waals surface area contributed by atoms with E-state index >= 15 is 0 Å². The number of alkyl halides is 3. The van der Waals surface area contributed by atoms with Crippen LogP contribution in [0.3, 0.4) is 0 Å². The maximum Gasteiger partial charge on any atom is 0.490 e. The summed E-state index contributed by atoms with van der Waals surface area (Å²) < 4.78 is 37.3. The number of piperazine rings is 1. The minimum Gasteiger partial charge on any atom is -0.475 e. The van der Waals surface area contributed by atoms with Crippen LogP contribution in [-0.4, -0.2) is 69.3 Å². The van der Waals surface area contributed by atoms with Gasteiger partial charge in [0, 0.05) is 43.3 Å². The van der Waals surface area contributed by atoms with Gasteiger partial charge < -0.3 is 30.7 Å². The van der Waals surface area contributed by atoms with Crippen molar-refractivity contribution in [1.29, 1.82) is 0 Å². The molecule has 1 aromatic carbocycles. The Morgan fingerprint density at radius 2 is 1.76 bits per heavy atom. The summed E-state index contributed by atoms with van der Waals surface area (Å²) in [6.07, 6.45) is 1.50. The summed E-state index contributed by atoms with van der Waals surface area (Å²) in [5, 5.41) is 9.94. The number of aromatic nitrogens is 2. The molecule has 0 unspecified atom stereocenters. The number of nitrogen functional groups attached to an aromatic ring is 1. The number of rotatable bonds is 5. The number of piperidine rings is 2. The molecule has 3 aliphatic heterocycles. The largest absolute Gasteiger partial charge is 0.490 e. The third-order valence-electron chi connectivity index (χ3n) is 6.60. The number of anilines is 3. The van der Waals surface area contributed by atoms with Crippen LogP contribution in [0.2, 0.25) is 0 Å². The van der Waals surface area contributed by atoms with Gasteiger partial charge >= 0.3 is 18.2 Å². The predicted molar refractivity (Wildman–Crippen MR) is 142 cm³/mol. The van der Waals surface area contributed by atoms with E-state index in [0.717, 1.165) is 24.2 Å². The lowest BCUT2D eigenvalue weighted by atomic mass is 9.91. The van der Waals surface area contributed by atoms with Crippen molar-refractivity contribution in [3.63, 3.8) is 0 Å². The summed E-state index contributed by atoms with van der Waals surface area (Å²) in [5.74, 6) is -2.22. The highest BCUT2D eigenvalue weighted by Gasteiger charge is 2.42. The highest BCUT2D eigenvalue weighted by molar-refractivity contribution is 6.05. The molecule has 41 heavy (non-hydrogen) atoms. The van der Waals surface area contributed by atoms with E-state index in [1.165, 1.54) is 0 Å². The van der Waals surface area contributed by atoms with Gasteiger partial charge in [-0.25, -0.2) is 14.6 Å². The Morgan fingerprint density at radius 3 is 2.34 bits per heavy atom. The molecule has 3 fully saturated rings. The topological polar surface area (TPSA) is 151 Å². The second-order valence-electron chi connectivity index (χ2n) is 9.35. The lowest BCUT2D eigenvalue weighted by Gasteiger charge is -2.51. The standard InChI is InChI=1S/C25H26N6O3.C2HF3O2/c26-21-5-1-2-6-22(21)29-24(32)18-7-10-23(28-13-18)30-14-20-9-8-19(30)15-31(20)25(33)34-16-17-4-3-11-27-12-17;3-2(4,5)1(6)7/h1-7,10-13,19-20H,8-9,14-16,26H2,(H,29,32);(H,6,7)/t19-,20-;/m1./s1. The molecule has 3 saturated heterocycles. The number of aliphatic carboxylic acids is 1. The molecule has 5 heterocycles. The molecule has 3 aliphatic rings. The quantitative estimate of drug-likeness (QED) is 0.386. The number of pyridine rings is 2. The van der Waals surface area contributed by atoms with Crippen molar-refractivity contribution in [3.8, 4) is 0 Å². The van der Waals surface area contributed by atoms with Gasteiger partial charge in [0.1, 0.15) is 12.4 Å². The molecule has 14 heteroatoms. The van der Waals surface area contributed by atoms with Crippen LogP contribution in [0.1, 0.15) is 28.8 Å². The first-order chi connectivity index (χ1) is 19.5. The fourth-order valence-corrected chi connectivity index (χ4v) is 4.54. The van der Waals surface area contributed by atoms with Crippen molar-refractivity contribution >= 4 is 35.2 Å². The molecule has 2 atom stereocenters. The Hall–Kier alpha value is -4.88. The van der Waals surface area contributed by atoms with Crippen LogP contribution in [0.4, 0.5) is 35.2 Å². The first-order valence-electron chi connectivity index (χ1n) is 12.5. The minimum absolute atomic E-state index is 0.0669. The van der Waals surface area contributed by atoms with E-state index < -0.39 is 12.1 Å². The van der Waals surface area contributed by atoms with Crippen molar-refractivity contribution in [2.45, 2.75) is 37.7 Å². The van der Waals surface area contributed by atoms with Gasteiger partial charge in [-0.2, -0.15) is 13.2 Å². The molecule has 0 saturated carbocycles. The van der Waals surface area contributed by atoms with Crippen LogP contribution in [-0.2, 0) is 16.1 Å². The highest BCUT2D eigenvalue weighted by Crippen LogP contribution is 2.32. The zero-order valence-electron chi connectivity index (χ0n) is 21.6. The van der Waals surface area contributed by atoms with E-state index in [2.05, 4.69) is 20.2 Å². The van der Waals surface area contributed by atoms with Gasteiger partial charge in [0.25, 0.3) is 5.91 Å². The average Bonchev–Trinajstić information content (AvgIpc) is 2.97. The van der Waals surface area contributed by atoms with Crippen LogP contribution in [0.25, 0.3) is 0 Å². The Balaban J connectivity index is 0.000000493. The van der Waals surface area contributed by atoms with E-state index in [1.54, 1.807) is 36.8 Å². The highest BCUT2D eigenvalue weighted by atomic mass is 19.4. The van der Waals surface area contributed by atoms with E-state index in [0.29, 0.717) is 30.0 Å². The monoisotopic (exact) mass is 572 g/mol. The molecule has 2 bridgehead atoms. The lowest BCUT2D eigenvalue weighted by molar-refractivity contribution is -0.192. The number of nitrogens with two attached hydrogens (primary N) is 1. The number of carbonyl (C=O) groups excluding carboxylic acids is 2. The van der Waals surface area contributed by atoms with Crippen molar-refractivity contribution < 1.29 is 37.4 Å². The molecule has 0 radical (unpaired) electrons. The number of halogens is 3. The molecule has 4 N–H and O–H groups in total. The number of para-hydroxylation sites is 2. The number of carbonyl (C=O) groups is 3. The summed E-state index contributed by atoms with van der Waals surface area (Å²) in [4.78, 5) is 46.8. The van der Waals surface area contributed by atoms with E-state index in [4.69, 9.17) is 20.4 Å². The summed E-state index contributed by atoms with van der Waals surface area (Å²) >= 11 is 0. The van der Waals surface area contributed by atoms with Gasteiger partial charge in [0.2, 0.25) is 0 Å². The van der Waals surface area contributed by atoms with Gasteiger partial charge in [-0.05, 0) is 43.2 Å². The third-order valence-corrected chi connectivity index (χ3v) is 6.60. The van der Waals surface area contributed by atoms with Crippen LogP contribution in [0.5, 0.6) is 0 Å². The second kappa shape index (κ2) is 12.5. The number of ether oxygens (including phenoxy) is 1. The summed E-state index contributed by atoms with van der Waals surface area (Å²) in [7, 11) is 0. The molecule has 6 rings (SSSR count). The number of nitrogens with zero attached hydrogens (tertiary/aromatic N) is 4. The number of hydrogen-bond donors (Lipinski definition) is 3. The average molecular weight is 573 g/mol. The number of fused-ring (bicyclic) bond motifs is 3. The first kappa shape index (κ1) is 29.1. The van der Waals surface area contributed by atoms with Gasteiger partial charge in [-0.1, -0.05) is 18.2 Å². The third kappa shape index (κ3) is 7.41. The smallest absolute Gasteiger partial charge is 0.475 e. The maximum atomic E-state index is 12.7. The van der Waals surface area contributed by atoms with Gasteiger partial charge in [-0.15, -0.1) is 0 Å². The molecule has 216 valence electrons. The van der Waals surface area contributed by atoms with Crippen LogP contribution in [0, 0.1) is 0 Å². The zero-order valence-corrected chi connectivity index (χ0v) is 21.6. The number of carboxylic acids is 1. The van der Waals surface area contributed by atoms with Crippen LogP contribution >= 0.6 is 0 Å². The molecular formula is C27H27F3N6O5. The van der Waals surface area contributed by atoms with E-state index in [-0.39, 0.29) is 30.7 Å². The number of amides is 2. The Morgan fingerprint density at radius 1 is 1.02 bits per heavy atom. The normalized spacial score (nSPS) is 17.7. The number of carboxylic acid groups (broad SMARTS) is 1. The molecule has 0 aliphatic carbocycles. The van der Waals surface area contributed by atoms with Gasteiger partial charge in [0.05, 0.1) is 23.0 Å². The van der Waals surface area contributed by atoms with E-state index in [9.17, 15) is 22.8 Å². The molecule has 3 aromatic rings. The Kier molecular flexibility index (Phi) is 8.90. The summed E-state index contributed by atoms with van der Waals surface area (Å²) in [6, 6.07) is 14.7. The van der Waals surface area contributed by atoms with Crippen molar-refractivity contribution in [2.75, 3.05) is 29.0 Å². The van der Waals surface area contributed by atoms with Gasteiger partial charge in [-0.3, -0.25) is 9.78 Å². The number of hydrogen-bond acceptors (Lipinski definition) is 8. The van der Waals surface area contributed by atoms with Crippen molar-refractivity contribution in [1.82, 2.24) is 14.9 Å². The lowest BCUT2D eigenvalue weighted by Crippen LogP contribution is -2.64. The molecule has 2 amide bonds. The Bertz CT molecular complexity index is 1370. The Labute approximate surface area is 232 Å². The summed E-state index contributed by atoms with van der Waals surface area (Å²) in [6.45, 7) is 1.49. The predicted octanol–water partition coefficient (Wildman–Crippen LogP) is 3.93. The molecule has 2 aromatic heterocycles. The maximum absolute atomic E-state index is 12.7. The molecule has 11 nitrogen and oxygen atoms in total. The zero-order chi connectivity index (χ0) is 29.6. The number of nitrogens with one attached hydrogen (secondary N) is 1. The fraction of sp³-hybridized carbons (Fsp3) is 0.296. The van der Waals surface area contributed by atoms with Crippen molar-refractivity contribution in [3.05, 3.63) is 78.2 Å². The SMILES string of the molecule is Nc1ccccc1NC(=O)c1ccc(N2C[C@H]3CC[C@@H]2CN3C(=O)OCc2cccnc2)nc1.O=C(O)C(F)(F)F. The first-order valence-corrected chi connectivity index (χ1v) is 12.5. The van der Waals surface area contributed by atoms with E-state index in [1.807, 2.05) is 35.2 Å². The minimum atomic E-state index is -5.08. The van der Waals surface area contributed by atoms with Crippen molar-refractivity contribution in [2.24, 2.45) is 0 Å². The summed E-state index contributed by atoms with van der Waals surface area (Å²) in [5.41, 5.74) is 8.30. The molecule has 0 spiro atoms. The fourth-order valence-electron chi connectivity index (χ4n) is 4.54. The molecular weight excluding hydrogens is 545 g/mol. The second-order valence-corrected chi connectivity index (χ2v) is 9.35.